The molecule has 0 atom stereocenters. The lowest BCUT2D eigenvalue weighted by molar-refractivity contribution is 0.252. The van der Waals surface area contributed by atoms with Crippen molar-refractivity contribution in [2.75, 3.05) is 22.9 Å². The molecule has 0 fully saturated rings. The smallest absolute Gasteiger partial charge is 0.292 e. The molecule has 0 N–H and O–H groups in total. The molecule has 0 saturated heterocycles. The Morgan fingerprint density at radius 2 is 1.40 bits per heavy atom. The fraction of sp³-hybridized carbons (Fsp3) is 0.267. The highest BCUT2D eigenvalue weighted by Crippen LogP contribution is 2.32. The van der Waals surface area contributed by atoms with Crippen LogP contribution in [0, 0.1) is 0 Å². The summed E-state index contributed by atoms with van der Waals surface area (Å²) < 4.78 is 0. The second-order valence-electron chi connectivity index (χ2n) is 5.09. The van der Waals surface area contributed by atoms with Crippen molar-refractivity contribution in [3.8, 4) is 0 Å². The minimum Gasteiger partial charge on any atom is -0.292 e. The molecule has 0 unspecified atom stereocenters. The first-order valence-corrected chi connectivity index (χ1v) is 6.79. The third kappa shape index (κ3) is 1.59. The number of carbonyl (C=O) groups excluding carboxylic acids is 1. The summed E-state index contributed by atoms with van der Waals surface area (Å²) in [5, 5.41) is 0. The monoisotopic (exact) mass is 266 g/mol. The summed E-state index contributed by atoms with van der Waals surface area (Å²) in [5.41, 5.74) is 4.27. The van der Waals surface area contributed by atoms with Crippen LogP contribution in [0.25, 0.3) is 0 Å². The summed E-state index contributed by atoms with van der Waals surface area (Å²) in [7, 11) is 0. The summed E-state index contributed by atoms with van der Waals surface area (Å²) in [4.78, 5) is 24.7. The maximum absolute atomic E-state index is 12.8. The number of pyridine rings is 2. The first kappa shape index (κ1) is 11.4. The van der Waals surface area contributed by atoms with E-state index < -0.39 is 0 Å². The summed E-state index contributed by atoms with van der Waals surface area (Å²) >= 11 is 0. The topological polar surface area (TPSA) is 49.3 Å². The summed E-state index contributed by atoms with van der Waals surface area (Å²) in [6, 6.07) is 4.01. The molecule has 5 nitrogen and oxygen atoms in total. The number of hydrogen-bond acceptors (Lipinski definition) is 3. The quantitative estimate of drug-likeness (QED) is 0.733. The van der Waals surface area contributed by atoms with Gasteiger partial charge in [-0.2, -0.15) is 0 Å². The minimum atomic E-state index is 0.0310. The number of urea groups is 1. The van der Waals surface area contributed by atoms with E-state index in [-0.39, 0.29) is 6.03 Å². The van der Waals surface area contributed by atoms with Crippen LogP contribution in [0.4, 0.5) is 16.2 Å². The fourth-order valence-corrected chi connectivity index (χ4v) is 2.99. The molecule has 0 aliphatic carbocycles. The SMILES string of the molecule is O=C(N1CCc2ccncc21)N1CCc2ccncc21. The molecular weight excluding hydrogens is 252 g/mol. The fourth-order valence-electron chi connectivity index (χ4n) is 2.99. The molecule has 100 valence electrons. The molecule has 0 spiro atoms. The van der Waals surface area contributed by atoms with Gasteiger partial charge in [0.1, 0.15) is 0 Å². The predicted octanol–water partition coefficient (Wildman–Crippen LogP) is 2.02. The highest BCUT2D eigenvalue weighted by Gasteiger charge is 2.32. The maximum Gasteiger partial charge on any atom is 0.329 e. The van der Waals surface area contributed by atoms with Gasteiger partial charge in [-0.05, 0) is 36.1 Å². The van der Waals surface area contributed by atoms with Gasteiger partial charge in [0.15, 0.2) is 0 Å². The van der Waals surface area contributed by atoms with E-state index in [1.807, 2.05) is 21.9 Å². The highest BCUT2D eigenvalue weighted by molar-refractivity contribution is 6.05. The van der Waals surface area contributed by atoms with Crippen LogP contribution in [0.2, 0.25) is 0 Å². The van der Waals surface area contributed by atoms with Gasteiger partial charge < -0.3 is 0 Å². The van der Waals surface area contributed by atoms with Gasteiger partial charge in [-0.15, -0.1) is 0 Å². The van der Waals surface area contributed by atoms with Crippen molar-refractivity contribution in [1.29, 1.82) is 0 Å². The molecule has 2 aliphatic heterocycles. The van der Waals surface area contributed by atoms with Crippen LogP contribution in [0.5, 0.6) is 0 Å². The molecule has 4 rings (SSSR count). The molecule has 4 heterocycles. The van der Waals surface area contributed by atoms with Gasteiger partial charge in [0.2, 0.25) is 0 Å². The lowest BCUT2D eigenvalue weighted by atomic mass is 10.2. The summed E-state index contributed by atoms with van der Waals surface area (Å²) in [6.07, 6.45) is 8.92. The van der Waals surface area contributed by atoms with E-state index in [0.29, 0.717) is 0 Å². The van der Waals surface area contributed by atoms with Crippen LogP contribution in [0.3, 0.4) is 0 Å². The van der Waals surface area contributed by atoms with Crippen molar-refractivity contribution in [2.45, 2.75) is 12.8 Å². The lowest BCUT2D eigenvalue weighted by Crippen LogP contribution is -2.41. The molecule has 2 amide bonds. The van der Waals surface area contributed by atoms with Crippen LogP contribution >= 0.6 is 0 Å². The molecule has 0 radical (unpaired) electrons. The molecule has 0 saturated carbocycles. The third-order valence-corrected chi connectivity index (χ3v) is 4.03. The van der Waals surface area contributed by atoms with Gasteiger partial charge in [-0.3, -0.25) is 19.8 Å². The number of rotatable bonds is 0. The Hall–Kier alpha value is -2.43. The van der Waals surface area contributed by atoms with E-state index in [1.165, 1.54) is 11.1 Å². The number of carbonyl (C=O) groups is 1. The van der Waals surface area contributed by atoms with Crippen LogP contribution in [-0.4, -0.2) is 29.1 Å². The summed E-state index contributed by atoms with van der Waals surface area (Å²) in [6.45, 7) is 1.46. The average molecular weight is 266 g/mol. The number of anilines is 2. The van der Waals surface area contributed by atoms with Crippen molar-refractivity contribution < 1.29 is 4.79 Å². The van der Waals surface area contributed by atoms with E-state index in [9.17, 15) is 4.79 Å². The Balaban J connectivity index is 1.67. The van der Waals surface area contributed by atoms with Crippen molar-refractivity contribution in [2.24, 2.45) is 0 Å². The highest BCUT2D eigenvalue weighted by atomic mass is 16.2. The number of hydrogen-bond donors (Lipinski definition) is 0. The standard InChI is InChI=1S/C15H14N4O/c20-15(18-7-3-11-1-5-16-9-13(11)18)19-8-4-12-2-6-17-10-14(12)19/h1-2,5-6,9-10H,3-4,7-8H2. The van der Waals surface area contributed by atoms with Crippen LogP contribution in [0.1, 0.15) is 11.1 Å². The Morgan fingerprint density at radius 3 is 1.90 bits per heavy atom. The molecule has 2 aliphatic rings. The lowest BCUT2D eigenvalue weighted by Gasteiger charge is -2.24. The van der Waals surface area contributed by atoms with Crippen molar-refractivity contribution in [3.05, 3.63) is 48.0 Å². The zero-order chi connectivity index (χ0) is 13.5. The van der Waals surface area contributed by atoms with E-state index in [4.69, 9.17) is 0 Å². The Bertz CT molecular complexity index is 628. The number of amides is 2. The largest absolute Gasteiger partial charge is 0.329 e. The minimum absolute atomic E-state index is 0.0310. The van der Waals surface area contributed by atoms with E-state index in [0.717, 1.165) is 37.3 Å². The Kier molecular flexibility index (Phi) is 2.45. The molecular formula is C15H14N4O. The van der Waals surface area contributed by atoms with Crippen molar-refractivity contribution >= 4 is 17.4 Å². The predicted molar refractivity (Wildman–Crippen MR) is 76.0 cm³/mol. The Morgan fingerprint density at radius 1 is 0.900 bits per heavy atom. The van der Waals surface area contributed by atoms with Crippen LogP contribution < -0.4 is 9.80 Å². The van der Waals surface area contributed by atoms with Gasteiger partial charge >= 0.3 is 6.03 Å². The summed E-state index contributed by atoms with van der Waals surface area (Å²) in [5.74, 6) is 0. The van der Waals surface area contributed by atoms with E-state index >= 15 is 0 Å². The number of fused-ring (bicyclic) bond motifs is 2. The van der Waals surface area contributed by atoms with Gasteiger partial charge in [0, 0.05) is 25.5 Å². The molecule has 0 aromatic carbocycles. The molecule has 2 aromatic rings. The van der Waals surface area contributed by atoms with Crippen LogP contribution in [-0.2, 0) is 12.8 Å². The Labute approximate surface area is 116 Å². The molecule has 2 aromatic heterocycles. The van der Waals surface area contributed by atoms with Gasteiger partial charge in [-0.1, -0.05) is 0 Å². The average Bonchev–Trinajstić information content (AvgIpc) is 3.11. The zero-order valence-corrected chi connectivity index (χ0v) is 11.0. The van der Waals surface area contributed by atoms with Gasteiger partial charge in [0.25, 0.3) is 0 Å². The van der Waals surface area contributed by atoms with Crippen molar-refractivity contribution in [3.63, 3.8) is 0 Å². The van der Waals surface area contributed by atoms with Crippen LogP contribution in [0.15, 0.2) is 36.9 Å². The van der Waals surface area contributed by atoms with Gasteiger partial charge in [0.05, 0.1) is 23.8 Å². The zero-order valence-electron chi connectivity index (χ0n) is 11.0. The number of aromatic nitrogens is 2. The molecule has 0 bridgehead atoms. The van der Waals surface area contributed by atoms with E-state index in [1.54, 1.807) is 24.8 Å². The van der Waals surface area contributed by atoms with Crippen molar-refractivity contribution in [1.82, 2.24) is 9.97 Å². The third-order valence-electron chi connectivity index (χ3n) is 4.03. The van der Waals surface area contributed by atoms with Gasteiger partial charge in [-0.25, -0.2) is 4.79 Å². The number of nitrogens with zero attached hydrogens (tertiary/aromatic N) is 4. The van der Waals surface area contributed by atoms with E-state index in [2.05, 4.69) is 9.97 Å². The molecule has 20 heavy (non-hydrogen) atoms. The second-order valence-corrected chi connectivity index (χ2v) is 5.09. The first-order valence-electron chi connectivity index (χ1n) is 6.79. The second kappa shape index (κ2) is 4.30. The molecule has 5 heteroatoms. The first-order chi connectivity index (χ1) is 9.84. The normalized spacial score (nSPS) is 16.2. The maximum atomic E-state index is 12.8.